The number of carbonyl (C=O) groups is 2. The van der Waals surface area contributed by atoms with Gasteiger partial charge in [-0.1, -0.05) is 0 Å². The molecule has 0 bridgehead atoms. The maximum absolute atomic E-state index is 12.5. The molecule has 0 saturated carbocycles. The van der Waals surface area contributed by atoms with E-state index < -0.39 is 17.1 Å². The predicted octanol–water partition coefficient (Wildman–Crippen LogP) is -0.939. The molecule has 0 radical (unpaired) electrons. The van der Waals surface area contributed by atoms with Gasteiger partial charge in [0.1, 0.15) is 17.0 Å². The standard InChI is InChI=1S/C16H19N5O4/c1-16(25)7-20(8-16)12(22)4-5-21-14-9(2-3-11(17)19-14)6-10(13(18)23)15(21)24/h2-3,6,25H,4-5,7-8H2,1H3,(H2,17,19)(H2,18,23). The number of nitrogens with two attached hydrogens (primary N) is 2. The number of aliphatic hydroxyl groups is 1. The van der Waals surface area contributed by atoms with Gasteiger partial charge in [-0.15, -0.1) is 0 Å². The minimum atomic E-state index is -0.860. The molecule has 0 spiro atoms. The average Bonchev–Trinajstić information content (AvgIpc) is 2.50. The van der Waals surface area contributed by atoms with Crippen LogP contribution in [0.1, 0.15) is 23.7 Å². The maximum Gasteiger partial charge on any atom is 0.265 e. The summed E-state index contributed by atoms with van der Waals surface area (Å²) in [5.41, 5.74) is 9.61. The largest absolute Gasteiger partial charge is 0.386 e. The number of aryl methyl sites for hydroxylation is 1. The van der Waals surface area contributed by atoms with E-state index in [4.69, 9.17) is 11.5 Å². The van der Waals surface area contributed by atoms with Crippen LogP contribution < -0.4 is 17.0 Å². The Morgan fingerprint density at radius 3 is 2.64 bits per heavy atom. The quantitative estimate of drug-likeness (QED) is 0.652. The Labute approximate surface area is 142 Å². The molecule has 1 fully saturated rings. The van der Waals surface area contributed by atoms with Crippen molar-refractivity contribution >= 4 is 28.7 Å². The van der Waals surface area contributed by atoms with E-state index in [1.54, 1.807) is 19.1 Å². The van der Waals surface area contributed by atoms with Gasteiger partial charge >= 0.3 is 0 Å². The lowest BCUT2D eigenvalue weighted by Crippen LogP contribution is -2.61. The van der Waals surface area contributed by atoms with E-state index in [1.165, 1.54) is 15.5 Å². The highest BCUT2D eigenvalue weighted by Crippen LogP contribution is 2.21. The fourth-order valence-electron chi connectivity index (χ4n) is 2.96. The highest BCUT2D eigenvalue weighted by molar-refractivity contribution is 5.95. The van der Waals surface area contributed by atoms with Crippen molar-refractivity contribution in [3.05, 3.63) is 34.1 Å². The first-order valence-electron chi connectivity index (χ1n) is 7.78. The second-order valence-electron chi connectivity index (χ2n) is 6.52. The molecular weight excluding hydrogens is 326 g/mol. The maximum atomic E-state index is 12.5. The lowest BCUT2D eigenvalue weighted by atomic mass is 9.96. The molecule has 9 heteroatoms. The van der Waals surface area contributed by atoms with E-state index in [9.17, 15) is 19.5 Å². The summed E-state index contributed by atoms with van der Waals surface area (Å²) in [5.74, 6) is -0.819. The third-order valence-electron chi connectivity index (χ3n) is 4.19. The number of fused-ring (bicyclic) bond motifs is 1. The van der Waals surface area contributed by atoms with Crippen LogP contribution in [0.4, 0.5) is 5.82 Å². The first kappa shape index (κ1) is 16.9. The summed E-state index contributed by atoms with van der Waals surface area (Å²) in [6.07, 6.45) is 0.0315. The Morgan fingerprint density at radius 1 is 1.36 bits per heavy atom. The average molecular weight is 345 g/mol. The zero-order chi connectivity index (χ0) is 18.4. The number of primary amides is 1. The van der Waals surface area contributed by atoms with Crippen LogP contribution in [0.3, 0.4) is 0 Å². The monoisotopic (exact) mass is 345 g/mol. The molecule has 1 saturated heterocycles. The number of carbonyl (C=O) groups excluding carboxylic acids is 2. The van der Waals surface area contributed by atoms with Gasteiger partial charge in [-0.25, -0.2) is 4.98 Å². The minimum absolute atomic E-state index is 0.0315. The molecule has 0 aromatic carbocycles. The van der Waals surface area contributed by atoms with Gasteiger partial charge in [0.05, 0.1) is 18.7 Å². The van der Waals surface area contributed by atoms with Gasteiger partial charge in [0.15, 0.2) is 0 Å². The van der Waals surface area contributed by atoms with Crippen molar-refractivity contribution in [2.24, 2.45) is 5.73 Å². The lowest BCUT2D eigenvalue weighted by molar-refractivity contribution is -0.152. The Balaban J connectivity index is 1.93. The summed E-state index contributed by atoms with van der Waals surface area (Å²) < 4.78 is 1.24. The molecule has 3 rings (SSSR count). The fraction of sp³-hybridized carbons (Fsp3) is 0.375. The van der Waals surface area contributed by atoms with Gasteiger partial charge < -0.3 is 21.5 Å². The number of nitrogen functional groups attached to an aromatic ring is 1. The van der Waals surface area contributed by atoms with Crippen molar-refractivity contribution in [3.63, 3.8) is 0 Å². The topological polar surface area (TPSA) is 145 Å². The van der Waals surface area contributed by atoms with Gasteiger partial charge in [-0.05, 0) is 25.1 Å². The Hall–Kier alpha value is -2.94. The molecule has 2 aromatic heterocycles. The van der Waals surface area contributed by atoms with Crippen LogP contribution in [0.5, 0.6) is 0 Å². The number of hydrogen-bond donors (Lipinski definition) is 3. The van der Waals surface area contributed by atoms with Gasteiger partial charge in [0.25, 0.3) is 11.5 Å². The van der Waals surface area contributed by atoms with E-state index in [0.29, 0.717) is 11.0 Å². The molecule has 9 nitrogen and oxygen atoms in total. The van der Waals surface area contributed by atoms with E-state index >= 15 is 0 Å². The lowest BCUT2D eigenvalue weighted by Gasteiger charge is -2.44. The van der Waals surface area contributed by atoms with E-state index in [2.05, 4.69) is 4.98 Å². The van der Waals surface area contributed by atoms with Crippen LogP contribution in [0.2, 0.25) is 0 Å². The van der Waals surface area contributed by atoms with Crippen LogP contribution in [-0.2, 0) is 11.3 Å². The third-order valence-corrected chi connectivity index (χ3v) is 4.19. The second-order valence-corrected chi connectivity index (χ2v) is 6.52. The Kier molecular flexibility index (Phi) is 3.96. The molecule has 3 heterocycles. The second kappa shape index (κ2) is 5.85. The molecule has 2 amide bonds. The Morgan fingerprint density at radius 2 is 2.04 bits per heavy atom. The third kappa shape index (κ3) is 3.18. The number of anilines is 1. The summed E-state index contributed by atoms with van der Waals surface area (Å²) in [6, 6.07) is 4.56. The highest BCUT2D eigenvalue weighted by Gasteiger charge is 2.39. The number of likely N-dealkylation sites (tertiary alicyclic amines) is 1. The summed E-state index contributed by atoms with van der Waals surface area (Å²) >= 11 is 0. The molecule has 1 aliphatic rings. The number of β-amino-alcohol motifs (C(OH)–C–C–N with tert-alkyl or cyclic N) is 1. The molecule has 2 aromatic rings. The van der Waals surface area contributed by atoms with Crippen LogP contribution in [-0.4, -0.2) is 50.1 Å². The van der Waals surface area contributed by atoms with Crippen molar-refractivity contribution < 1.29 is 14.7 Å². The van der Waals surface area contributed by atoms with Crippen molar-refractivity contribution in [2.45, 2.75) is 25.5 Å². The number of nitrogens with zero attached hydrogens (tertiary/aromatic N) is 3. The minimum Gasteiger partial charge on any atom is -0.386 e. The molecule has 132 valence electrons. The van der Waals surface area contributed by atoms with Crippen molar-refractivity contribution in [1.82, 2.24) is 14.5 Å². The van der Waals surface area contributed by atoms with Crippen LogP contribution in [0.25, 0.3) is 11.0 Å². The normalized spacial score (nSPS) is 15.8. The summed E-state index contributed by atoms with van der Waals surface area (Å²) in [7, 11) is 0. The highest BCUT2D eigenvalue weighted by atomic mass is 16.3. The number of rotatable bonds is 4. The van der Waals surface area contributed by atoms with E-state index in [1.807, 2.05) is 0 Å². The van der Waals surface area contributed by atoms with Gasteiger partial charge in [0.2, 0.25) is 5.91 Å². The number of amides is 2. The smallest absolute Gasteiger partial charge is 0.265 e. The van der Waals surface area contributed by atoms with Gasteiger partial charge in [0, 0.05) is 18.4 Å². The molecular formula is C16H19N5O4. The Bertz CT molecular complexity index is 926. The molecule has 25 heavy (non-hydrogen) atoms. The number of hydrogen-bond acceptors (Lipinski definition) is 6. The van der Waals surface area contributed by atoms with Crippen LogP contribution in [0.15, 0.2) is 23.0 Å². The molecule has 1 aliphatic heterocycles. The van der Waals surface area contributed by atoms with Crippen molar-refractivity contribution in [1.29, 1.82) is 0 Å². The van der Waals surface area contributed by atoms with Gasteiger partial charge in [-0.2, -0.15) is 0 Å². The summed E-state index contributed by atoms with van der Waals surface area (Å²) in [6.45, 7) is 2.20. The van der Waals surface area contributed by atoms with Crippen molar-refractivity contribution in [3.8, 4) is 0 Å². The predicted molar refractivity (Wildman–Crippen MR) is 90.8 cm³/mol. The number of pyridine rings is 2. The first-order valence-corrected chi connectivity index (χ1v) is 7.78. The molecule has 0 aliphatic carbocycles. The zero-order valence-electron chi connectivity index (χ0n) is 13.7. The van der Waals surface area contributed by atoms with Crippen molar-refractivity contribution in [2.75, 3.05) is 18.8 Å². The summed E-state index contributed by atoms with van der Waals surface area (Å²) in [5, 5.41) is 10.2. The van der Waals surface area contributed by atoms with E-state index in [-0.39, 0.29) is 43.3 Å². The molecule has 5 N–H and O–H groups in total. The first-order chi connectivity index (χ1) is 11.7. The van der Waals surface area contributed by atoms with Crippen LogP contribution >= 0.6 is 0 Å². The van der Waals surface area contributed by atoms with E-state index in [0.717, 1.165) is 0 Å². The SMILES string of the molecule is CC1(O)CN(C(=O)CCn2c(=O)c(C(N)=O)cc3ccc(N)nc32)C1. The van der Waals surface area contributed by atoms with Gasteiger partial charge in [-0.3, -0.25) is 19.0 Å². The summed E-state index contributed by atoms with van der Waals surface area (Å²) in [4.78, 5) is 41.9. The van der Waals surface area contributed by atoms with Crippen LogP contribution in [0, 0.1) is 0 Å². The fourth-order valence-corrected chi connectivity index (χ4v) is 2.96. The molecule has 0 atom stereocenters. The molecule has 0 unspecified atom stereocenters. The number of aromatic nitrogens is 2. The zero-order valence-corrected chi connectivity index (χ0v) is 13.7.